The van der Waals surface area contributed by atoms with Crippen molar-refractivity contribution in [3.63, 3.8) is 0 Å². The summed E-state index contributed by atoms with van der Waals surface area (Å²) < 4.78 is 26.7. The van der Waals surface area contributed by atoms with Crippen LogP contribution in [0.5, 0.6) is 0 Å². The molecule has 0 radical (unpaired) electrons. The highest BCUT2D eigenvalue weighted by molar-refractivity contribution is 5.69. The van der Waals surface area contributed by atoms with Gasteiger partial charge in [0.1, 0.15) is 24.4 Å². The Morgan fingerprint density at radius 2 is 0.919 bits per heavy atom. The van der Waals surface area contributed by atoms with E-state index in [0.29, 0.717) is 25.7 Å². The average Bonchev–Trinajstić information content (AvgIpc) is 2.80. The van der Waals surface area contributed by atoms with Crippen LogP contribution < -0.4 is 0 Å². The number of methoxy groups -OCH3 is 1. The molecule has 4 unspecified atom stereocenters. The van der Waals surface area contributed by atoms with Gasteiger partial charge in [-0.3, -0.25) is 24.0 Å². The van der Waals surface area contributed by atoms with Gasteiger partial charge < -0.3 is 23.7 Å². The largest absolute Gasteiger partial charge is 0.469 e. The van der Waals surface area contributed by atoms with E-state index in [2.05, 4.69) is 4.74 Å². The first-order chi connectivity index (χ1) is 17.5. The van der Waals surface area contributed by atoms with E-state index in [1.807, 2.05) is 6.92 Å². The van der Waals surface area contributed by atoms with Gasteiger partial charge in [0.15, 0.2) is 0 Å². The van der Waals surface area contributed by atoms with E-state index in [1.165, 1.54) is 34.8 Å². The van der Waals surface area contributed by atoms with Crippen LogP contribution in [0, 0.1) is 0 Å². The highest BCUT2D eigenvalue weighted by Crippen LogP contribution is 2.24. The van der Waals surface area contributed by atoms with Gasteiger partial charge in [0, 0.05) is 40.5 Å². The summed E-state index contributed by atoms with van der Waals surface area (Å²) in [5, 5.41) is 0. The fourth-order valence-electron chi connectivity index (χ4n) is 4.12. The molecular formula is C27H46O10. The molecule has 0 aromatic heterocycles. The van der Waals surface area contributed by atoms with Gasteiger partial charge in [-0.05, 0) is 32.1 Å². The SMILES string of the molecule is CCCCCC(OC(C)=O)C(CC(OC(C)=O)C(CCCCCCCC(=O)OC)OC(C)=O)OC(C)=O. The van der Waals surface area contributed by atoms with Crippen molar-refractivity contribution in [2.24, 2.45) is 0 Å². The van der Waals surface area contributed by atoms with Gasteiger partial charge in [-0.25, -0.2) is 0 Å². The molecule has 0 bridgehead atoms. The predicted octanol–water partition coefficient (Wildman–Crippen LogP) is 4.59. The van der Waals surface area contributed by atoms with E-state index < -0.39 is 48.3 Å². The lowest BCUT2D eigenvalue weighted by molar-refractivity contribution is -0.179. The number of ether oxygens (including phenoxy) is 5. The molecule has 0 aromatic carbocycles. The van der Waals surface area contributed by atoms with Crippen molar-refractivity contribution in [1.29, 1.82) is 0 Å². The zero-order valence-electron chi connectivity index (χ0n) is 23.4. The standard InChI is InChI=1S/C27H46O10/c1-7-8-12-15-23(34-19(2)28)25(36-21(4)30)18-26(37-22(5)31)24(35-20(3)29)16-13-10-9-11-14-17-27(32)33-6/h23-26H,7-18H2,1-6H3. The summed E-state index contributed by atoms with van der Waals surface area (Å²) in [6.07, 6.45) is 4.65. The molecule has 0 heterocycles. The zero-order valence-corrected chi connectivity index (χ0v) is 23.4. The van der Waals surface area contributed by atoms with Crippen LogP contribution in [0.1, 0.15) is 112 Å². The lowest BCUT2D eigenvalue weighted by atomic mass is 9.95. The van der Waals surface area contributed by atoms with Crippen LogP contribution in [-0.4, -0.2) is 61.4 Å². The summed E-state index contributed by atoms with van der Waals surface area (Å²) >= 11 is 0. The van der Waals surface area contributed by atoms with E-state index >= 15 is 0 Å². The number of esters is 5. The molecule has 0 spiro atoms. The topological polar surface area (TPSA) is 132 Å². The normalized spacial score (nSPS) is 14.0. The average molecular weight is 531 g/mol. The third-order valence-electron chi connectivity index (χ3n) is 5.75. The molecule has 0 saturated heterocycles. The summed E-state index contributed by atoms with van der Waals surface area (Å²) in [5.74, 6) is -2.39. The van der Waals surface area contributed by atoms with Crippen LogP contribution in [0.4, 0.5) is 0 Å². The molecule has 214 valence electrons. The number of carbonyl (C=O) groups is 5. The third kappa shape index (κ3) is 18.3. The molecule has 10 heteroatoms. The molecule has 0 N–H and O–H groups in total. The molecule has 0 aliphatic rings. The monoisotopic (exact) mass is 530 g/mol. The molecule has 0 amide bonds. The van der Waals surface area contributed by atoms with Crippen LogP contribution in [0.25, 0.3) is 0 Å². The van der Waals surface area contributed by atoms with Crippen molar-refractivity contribution in [2.45, 2.75) is 136 Å². The maximum absolute atomic E-state index is 11.9. The Morgan fingerprint density at radius 1 is 0.541 bits per heavy atom. The summed E-state index contributed by atoms with van der Waals surface area (Å²) in [6, 6.07) is 0. The highest BCUT2D eigenvalue weighted by atomic mass is 16.6. The molecule has 0 fully saturated rings. The van der Waals surface area contributed by atoms with E-state index in [1.54, 1.807) is 0 Å². The van der Waals surface area contributed by atoms with E-state index in [-0.39, 0.29) is 12.4 Å². The van der Waals surface area contributed by atoms with E-state index in [0.717, 1.165) is 44.9 Å². The molecular weight excluding hydrogens is 484 g/mol. The summed E-state index contributed by atoms with van der Waals surface area (Å²) in [7, 11) is 1.36. The second-order valence-corrected chi connectivity index (χ2v) is 9.21. The zero-order chi connectivity index (χ0) is 28.2. The number of carbonyl (C=O) groups excluding carboxylic acids is 5. The molecule has 0 aliphatic heterocycles. The van der Waals surface area contributed by atoms with Crippen LogP contribution in [0.3, 0.4) is 0 Å². The van der Waals surface area contributed by atoms with Gasteiger partial charge in [0.25, 0.3) is 0 Å². The smallest absolute Gasteiger partial charge is 0.305 e. The van der Waals surface area contributed by atoms with E-state index in [9.17, 15) is 24.0 Å². The summed E-state index contributed by atoms with van der Waals surface area (Å²) in [4.78, 5) is 58.7. The predicted molar refractivity (Wildman–Crippen MR) is 135 cm³/mol. The first kappa shape index (κ1) is 34.4. The number of hydrogen-bond acceptors (Lipinski definition) is 10. The Bertz CT molecular complexity index is 705. The van der Waals surface area contributed by atoms with Gasteiger partial charge in [-0.15, -0.1) is 0 Å². The molecule has 0 aliphatic carbocycles. The fraction of sp³-hybridized carbons (Fsp3) is 0.815. The van der Waals surface area contributed by atoms with Crippen molar-refractivity contribution in [3.8, 4) is 0 Å². The molecule has 10 nitrogen and oxygen atoms in total. The molecule has 0 rings (SSSR count). The Morgan fingerprint density at radius 3 is 1.32 bits per heavy atom. The number of unbranched alkanes of at least 4 members (excludes halogenated alkanes) is 6. The van der Waals surface area contributed by atoms with Gasteiger partial charge in [-0.2, -0.15) is 0 Å². The van der Waals surface area contributed by atoms with Gasteiger partial charge in [0.05, 0.1) is 7.11 Å². The maximum Gasteiger partial charge on any atom is 0.305 e. The lowest BCUT2D eigenvalue weighted by Gasteiger charge is -2.32. The van der Waals surface area contributed by atoms with Crippen molar-refractivity contribution in [2.75, 3.05) is 7.11 Å². The molecule has 0 saturated carbocycles. The van der Waals surface area contributed by atoms with Crippen molar-refractivity contribution < 1.29 is 47.7 Å². The minimum absolute atomic E-state index is 0.0142. The first-order valence-electron chi connectivity index (χ1n) is 13.3. The van der Waals surface area contributed by atoms with Crippen LogP contribution >= 0.6 is 0 Å². The quantitative estimate of drug-likeness (QED) is 0.125. The second-order valence-electron chi connectivity index (χ2n) is 9.21. The minimum Gasteiger partial charge on any atom is -0.469 e. The number of hydrogen-bond donors (Lipinski definition) is 0. The number of rotatable bonds is 20. The Labute approximate surface area is 221 Å². The van der Waals surface area contributed by atoms with Crippen LogP contribution in [0.2, 0.25) is 0 Å². The van der Waals surface area contributed by atoms with Crippen molar-refractivity contribution >= 4 is 29.8 Å². The maximum atomic E-state index is 11.9. The second kappa shape index (κ2) is 20.4. The first-order valence-corrected chi connectivity index (χ1v) is 13.3. The summed E-state index contributed by atoms with van der Waals surface area (Å²) in [5.41, 5.74) is 0. The Balaban J connectivity index is 5.49. The fourth-order valence-corrected chi connectivity index (χ4v) is 4.12. The Hall–Kier alpha value is -2.65. The molecule has 0 aromatic rings. The van der Waals surface area contributed by atoms with Crippen molar-refractivity contribution in [1.82, 2.24) is 0 Å². The summed E-state index contributed by atoms with van der Waals surface area (Å²) in [6.45, 7) is 7.12. The Kier molecular flexibility index (Phi) is 19.0. The van der Waals surface area contributed by atoms with Crippen LogP contribution in [-0.2, 0) is 47.7 Å². The minimum atomic E-state index is -0.894. The van der Waals surface area contributed by atoms with Gasteiger partial charge in [-0.1, -0.05) is 39.0 Å². The van der Waals surface area contributed by atoms with Gasteiger partial charge >= 0.3 is 29.8 Å². The molecule has 37 heavy (non-hydrogen) atoms. The van der Waals surface area contributed by atoms with Crippen LogP contribution in [0.15, 0.2) is 0 Å². The van der Waals surface area contributed by atoms with E-state index in [4.69, 9.17) is 18.9 Å². The lowest BCUT2D eigenvalue weighted by Crippen LogP contribution is -2.43. The third-order valence-corrected chi connectivity index (χ3v) is 5.75. The van der Waals surface area contributed by atoms with Crippen molar-refractivity contribution in [3.05, 3.63) is 0 Å². The highest BCUT2D eigenvalue weighted by Gasteiger charge is 2.36. The molecule has 4 atom stereocenters. The van der Waals surface area contributed by atoms with Gasteiger partial charge in [0.2, 0.25) is 0 Å².